The van der Waals surface area contributed by atoms with Crippen molar-refractivity contribution in [1.82, 2.24) is 5.32 Å². The van der Waals surface area contributed by atoms with Crippen molar-refractivity contribution in [3.63, 3.8) is 0 Å². The van der Waals surface area contributed by atoms with Gasteiger partial charge in [-0.05, 0) is 18.8 Å². The molecule has 1 unspecified atom stereocenters. The van der Waals surface area contributed by atoms with Crippen LogP contribution in [0.2, 0.25) is 0 Å². The third kappa shape index (κ3) is 14.0. The fourth-order valence-corrected chi connectivity index (χ4v) is 2.42. The molecule has 0 aliphatic heterocycles. The molecule has 0 fully saturated rings. The van der Waals surface area contributed by atoms with Gasteiger partial charge in [0, 0.05) is 6.54 Å². The number of hydrogen-bond donors (Lipinski definition) is 1. The Morgan fingerprint density at radius 3 is 2.14 bits per heavy atom. The maximum atomic E-state index is 11.6. The van der Waals surface area contributed by atoms with Crippen molar-refractivity contribution in [2.45, 2.75) is 91.4 Å². The molecule has 1 atom stereocenters. The molecule has 0 aromatic carbocycles. The monoisotopic (exact) mass is 299 g/mol. The molecule has 0 aromatic rings. The lowest BCUT2D eigenvalue weighted by molar-refractivity contribution is 0.122. The zero-order chi connectivity index (χ0) is 15.8. The normalized spacial score (nSPS) is 12.1. The zero-order valence-electron chi connectivity index (χ0n) is 14.6. The number of alkyl carbamates (subject to hydrolysis) is 1. The van der Waals surface area contributed by atoms with Gasteiger partial charge < -0.3 is 10.1 Å². The highest BCUT2D eigenvalue weighted by atomic mass is 16.5. The summed E-state index contributed by atoms with van der Waals surface area (Å²) in [4.78, 5) is 11.6. The van der Waals surface area contributed by atoms with E-state index in [1.54, 1.807) is 0 Å². The largest absolute Gasteiger partial charge is 0.449 e. The average molecular weight is 299 g/mol. The summed E-state index contributed by atoms with van der Waals surface area (Å²) in [7, 11) is 0. The number of rotatable bonds is 14. The number of carbonyl (C=O) groups excluding carboxylic acids is 1. The fraction of sp³-hybridized carbons (Fsp3) is 0.944. The summed E-state index contributed by atoms with van der Waals surface area (Å²) >= 11 is 0. The molecule has 0 bridgehead atoms. The van der Waals surface area contributed by atoms with E-state index in [1.165, 1.54) is 51.4 Å². The van der Waals surface area contributed by atoms with Gasteiger partial charge in [-0.2, -0.15) is 0 Å². The Morgan fingerprint density at radius 2 is 1.52 bits per heavy atom. The van der Waals surface area contributed by atoms with Gasteiger partial charge in [0.05, 0.1) is 6.61 Å². The number of unbranched alkanes of at least 4 members (excludes halogenated alkanes) is 7. The molecule has 3 heteroatoms. The number of ether oxygens (including phenoxy) is 1. The standard InChI is InChI=1S/C18H37NO2/c1-4-7-9-10-11-12-13-15-19-18(20)21-16-17(6-3)14-8-5-2/h17H,4-16H2,1-3H3,(H,19,20). The van der Waals surface area contributed by atoms with Crippen LogP contribution in [0.15, 0.2) is 0 Å². The molecule has 0 aliphatic carbocycles. The number of nitrogens with one attached hydrogen (secondary N) is 1. The molecule has 0 aliphatic rings. The van der Waals surface area contributed by atoms with Gasteiger partial charge in [0.1, 0.15) is 0 Å². The van der Waals surface area contributed by atoms with Crippen LogP contribution < -0.4 is 5.32 Å². The molecule has 0 spiro atoms. The summed E-state index contributed by atoms with van der Waals surface area (Å²) in [6, 6.07) is 0. The van der Waals surface area contributed by atoms with Crippen LogP contribution in [0.1, 0.15) is 91.4 Å². The Labute approximate surface area is 132 Å². The predicted molar refractivity (Wildman–Crippen MR) is 90.6 cm³/mol. The van der Waals surface area contributed by atoms with Crippen molar-refractivity contribution in [2.24, 2.45) is 5.92 Å². The minimum absolute atomic E-state index is 0.240. The average Bonchev–Trinajstić information content (AvgIpc) is 2.50. The fourth-order valence-electron chi connectivity index (χ4n) is 2.42. The van der Waals surface area contributed by atoms with Gasteiger partial charge in [-0.3, -0.25) is 0 Å². The molecule has 126 valence electrons. The van der Waals surface area contributed by atoms with Crippen molar-refractivity contribution < 1.29 is 9.53 Å². The molecule has 21 heavy (non-hydrogen) atoms. The van der Waals surface area contributed by atoms with Crippen LogP contribution in [-0.4, -0.2) is 19.2 Å². The lowest BCUT2D eigenvalue weighted by atomic mass is 10.0. The number of hydrogen-bond acceptors (Lipinski definition) is 2. The van der Waals surface area contributed by atoms with Gasteiger partial charge in [0.2, 0.25) is 0 Å². The lowest BCUT2D eigenvalue weighted by Gasteiger charge is -2.14. The van der Waals surface area contributed by atoms with Crippen LogP contribution >= 0.6 is 0 Å². The second-order valence-corrected chi connectivity index (χ2v) is 6.06. The van der Waals surface area contributed by atoms with Gasteiger partial charge in [-0.15, -0.1) is 0 Å². The van der Waals surface area contributed by atoms with E-state index in [9.17, 15) is 4.79 Å². The Hall–Kier alpha value is -0.730. The SMILES string of the molecule is CCCCCCCCCNC(=O)OCC(CC)CCCC. The number of carbonyl (C=O) groups is 1. The zero-order valence-corrected chi connectivity index (χ0v) is 14.6. The van der Waals surface area contributed by atoms with Crippen molar-refractivity contribution in [2.75, 3.05) is 13.2 Å². The van der Waals surface area contributed by atoms with E-state index in [1.807, 2.05) is 0 Å². The van der Waals surface area contributed by atoms with Crippen LogP contribution in [0, 0.1) is 5.92 Å². The Bertz CT molecular complexity index is 231. The minimum Gasteiger partial charge on any atom is -0.449 e. The third-order valence-corrected chi connectivity index (χ3v) is 4.04. The van der Waals surface area contributed by atoms with Crippen molar-refractivity contribution in [1.29, 1.82) is 0 Å². The molecule has 0 saturated heterocycles. The van der Waals surface area contributed by atoms with Gasteiger partial charge in [-0.25, -0.2) is 4.79 Å². The first-order chi connectivity index (χ1) is 10.2. The smallest absolute Gasteiger partial charge is 0.407 e. The van der Waals surface area contributed by atoms with Crippen LogP contribution in [-0.2, 0) is 4.74 Å². The highest BCUT2D eigenvalue weighted by Gasteiger charge is 2.09. The molecule has 0 saturated carbocycles. The third-order valence-electron chi connectivity index (χ3n) is 4.04. The first-order valence-corrected chi connectivity index (χ1v) is 9.15. The molecule has 3 nitrogen and oxygen atoms in total. The van der Waals surface area contributed by atoms with E-state index >= 15 is 0 Å². The van der Waals surface area contributed by atoms with Crippen LogP contribution in [0.5, 0.6) is 0 Å². The van der Waals surface area contributed by atoms with Crippen molar-refractivity contribution in [3.05, 3.63) is 0 Å². The Balaban J connectivity index is 3.40. The molecule has 0 radical (unpaired) electrons. The maximum Gasteiger partial charge on any atom is 0.407 e. The van der Waals surface area contributed by atoms with Gasteiger partial charge in [-0.1, -0.05) is 78.6 Å². The van der Waals surface area contributed by atoms with E-state index in [0.29, 0.717) is 12.5 Å². The van der Waals surface area contributed by atoms with Crippen molar-refractivity contribution in [3.8, 4) is 0 Å². The van der Waals surface area contributed by atoms with Crippen molar-refractivity contribution >= 4 is 6.09 Å². The van der Waals surface area contributed by atoms with Gasteiger partial charge >= 0.3 is 6.09 Å². The predicted octanol–water partition coefficient (Wildman–Crippen LogP) is 5.68. The molecule has 0 heterocycles. The van der Waals surface area contributed by atoms with Gasteiger partial charge in [0.25, 0.3) is 0 Å². The molecule has 1 amide bonds. The van der Waals surface area contributed by atoms with Crippen LogP contribution in [0.4, 0.5) is 4.79 Å². The van der Waals surface area contributed by atoms with Gasteiger partial charge in [0.15, 0.2) is 0 Å². The van der Waals surface area contributed by atoms with Crippen LogP contribution in [0.3, 0.4) is 0 Å². The second-order valence-electron chi connectivity index (χ2n) is 6.06. The summed E-state index contributed by atoms with van der Waals surface area (Å²) in [5.74, 6) is 0.522. The second kappa shape index (κ2) is 15.7. The topological polar surface area (TPSA) is 38.3 Å². The van der Waals surface area contributed by atoms with E-state index in [0.717, 1.165) is 25.8 Å². The Morgan fingerprint density at radius 1 is 0.905 bits per heavy atom. The minimum atomic E-state index is -0.240. The summed E-state index contributed by atoms with van der Waals surface area (Å²) in [5, 5.41) is 2.86. The summed E-state index contributed by atoms with van der Waals surface area (Å²) < 4.78 is 5.30. The maximum absolute atomic E-state index is 11.6. The summed E-state index contributed by atoms with van der Waals surface area (Å²) in [5.41, 5.74) is 0. The lowest BCUT2D eigenvalue weighted by Crippen LogP contribution is -2.27. The van der Waals surface area contributed by atoms with E-state index in [4.69, 9.17) is 4.74 Å². The molecular formula is C18H37NO2. The molecule has 0 rings (SSSR count). The highest BCUT2D eigenvalue weighted by molar-refractivity contribution is 5.66. The molecule has 1 N–H and O–H groups in total. The first-order valence-electron chi connectivity index (χ1n) is 9.15. The Kier molecular flexibility index (Phi) is 15.1. The highest BCUT2D eigenvalue weighted by Crippen LogP contribution is 2.12. The quantitative estimate of drug-likeness (QED) is 0.419. The van der Waals surface area contributed by atoms with E-state index in [-0.39, 0.29) is 6.09 Å². The van der Waals surface area contributed by atoms with E-state index in [2.05, 4.69) is 26.1 Å². The van der Waals surface area contributed by atoms with E-state index < -0.39 is 0 Å². The molecule has 0 aromatic heterocycles. The van der Waals surface area contributed by atoms with Crippen LogP contribution in [0.25, 0.3) is 0 Å². The summed E-state index contributed by atoms with van der Waals surface area (Å²) in [6.07, 6.45) is 13.3. The summed E-state index contributed by atoms with van der Waals surface area (Å²) in [6.45, 7) is 7.92. The number of amides is 1. The molecular weight excluding hydrogens is 262 g/mol. The first kappa shape index (κ1) is 20.3.